The minimum absolute atomic E-state index is 0.0290. The molecule has 9 heteroatoms. The van der Waals surface area contributed by atoms with Gasteiger partial charge in [-0.3, -0.25) is 9.59 Å². The molecule has 0 saturated heterocycles. The molecule has 1 unspecified atom stereocenters. The lowest BCUT2D eigenvalue weighted by atomic mass is 10.0. The highest BCUT2D eigenvalue weighted by atomic mass is 19.4. The predicted molar refractivity (Wildman–Crippen MR) is 62.7 cm³/mol. The van der Waals surface area contributed by atoms with Gasteiger partial charge < -0.3 is 15.7 Å². The summed E-state index contributed by atoms with van der Waals surface area (Å²) in [6.07, 6.45) is -5.22. The Kier molecular flexibility index (Phi) is 7.01. The second-order valence-electron chi connectivity index (χ2n) is 4.59. The Labute approximate surface area is 113 Å². The number of alkyl halides is 3. The summed E-state index contributed by atoms with van der Waals surface area (Å²) in [6, 6.07) is -1.10. The van der Waals surface area contributed by atoms with Gasteiger partial charge in [0.1, 0.15) is 6.04 Å². The fraction of sp³-hybridized carbons (Fsp3) is 0.727. The molecule has 2 amide bonds. The van der Waals surface area contributed by atoms with E-state index in [1.54, 1.807) is 13.8 Å². The van der Waals surface area contributed by atoms with Crippen molar-refractivity contribution >= 4 is 17.8 Å². The highest BCUT2D eigenvalue weighted by Gasteiger charge is 2.38. The van der Waals surface area contributed by atoms with E-state index in [2.05, 4.69) is 5.32 Å². The largest absolute Gasteiger partial charge is 0.480 e. The van der Waals surface area contributed by atoms with E-state index in [1.807, 2.05) is 0 Å². The van der Waals surface area contributed by atoms with Gasteiger partial charge in [-0.25, -0.2) is 4.79 Å². The molecule has 0 aliphatic rings. The third-order valence-corrected chi connectivity index (χ3v) is 2.24. The second-order valence-corrected chi connectivity index (χ2v) is 4.59. The zero-order chi connectivity index (χ0) is 15.9. The van der Waals surface area contributed by atoms with Crippen LogP contribution in [0.4, 0.5) is 13.2 Å². The molecule has 0 aromatic carbocycles. The standard InChI is InChI=1S/C11H17F3N2O4/c1-6(2)5-7(9(18)19)16-8(17)3-4-15-10(20)11(12,13)14/h6-7H,3-5H2,1-2H3,(H,15,20)(H,16,17)(H,18,19). The van der Waals surface area contributed by atoms with Gasteiger partial charge in [0.25, 0.3) is 0 Å². The van der Waals surface area contributed by atoms with Crippen molar-refractivity contribution < 1.29 is 32.7 Å². The first-order valence-electron chi connectivity index (χ1n) is 5.91. The number of carbonyl (C=O) groups is 3. The highest BCUT2D eigenvalue weighted by Crippen LogP contribution is 2.13. The fourth-order valence-corrected chi connectivity index (χ4v) is 1.35. The van der Waals surface area contributed by atoms with Crippen LogP contribution in [0.15, 0.2) is 0 Å². The molecule has 0 aliphatic carbocycles. The van der Waals surface area contributed by atoms with Gasteiger partial charge in [-0.2, -0.15) is 13.2 Å². The van der Waals surface area contributed by atoms with E-state index in [0.29, 0.717) is 0 Å². The zero-order valence-electron chi connectivity index (χ0n) is 11.1. The minimum Gasteiger partial charge on any atom is -0.480 e. The number of halogens is 3. The van der Waals surface area contributed by atoms with Crippen LogP contribution in [0.3, 0.4) is 0 Å². The topological polar surface area (TPSA) is 95.5 Å². The van der Waals surface area contributed by atoms with Crippen LogP contribution >= 0.6 is 0 Å². The average molecular weight is 298 g/mol. The molecule has 3 N–H and O–H groups in total. The number of hydrogen-bond acceptors (Lipinski definition) is 3. The van der Waals surface area contributed by atoms with Gasteiger partial charge in [0.05, 0.1) is 0 Å². The summed E-state index contributed by atoms with van der Waals surface area (Å²) in [4.78, 5) is 32.7. The Morgan fingerprint density at radius 3 is 2.15 bits per heavy atom. The molecule has 6 nitrogen and oxygen atoms in total. The van der Waals surface area contributed by atoms with Gasteiger partial charge >= 0.3 is 18.1 Å². The monoisotopic (exact) mass is 298 g/mol. The number of amides is 2. The SMILES string of the molecule is CC(C)CC(NC(=O)CCNC(=O)C(F)(F)F)C(=O)O. The zero-order valence-corrected chi connectivity index (χ0v) is 11.1. The molecule has 0 fully saturated rings. The lowest BCUT2D eigenvalue weighted by Crippen LogP contribution is -2.43. The first-order valence-corrected chi connectivity index (χ1v) is 5.91. The summed E-state index contributed by atoms with van der Waals surface area (Å²) in [6.45, 7) is 3.02. The summed E-state index contributed by atoms with van der Waals surface area (Å²) in [5, 5.41) is 12.6. The van der Waals surface area contributed by atoms with Gasteiger partial charge in [0.2, 0.25) is 5.91 Å². The van der Waals surface area contributed by atoms with Crippen LogP contribution in [0.25, 0.3) is 0 Å². The normalized spacial score (nSPS) is 12.9. The summed E-state index contributed by atoms with van der Waals surface area (Å²) in [5.74, 6) is -4.06. The fourth-order valence-electron chi connectivity index (χ4n) is 1.35. The molecule has 0 spiro atoms. The van der Waals surface area contributed by atoms with Crippen LogP contribution in [-0.4, -0.2) is 41.7 Å². The first-order chi connectivity index (χ1) is 9.04. The number of carboxylic acid groups (broad SMARTS) is 1. The molecule has 0 aromatic rings. The van der Waals surface area contributed by atoms with Crippen molar-refractivity contribution in [3.05, 3.63) is 0 Å². The summed E-state index contributed by atoms with van der Waals surface area (Å²) in [5.41, 5.74) is 0. The molecular formula is C11H17F3N2O4. The van der Waals surface area contributed by atoms with Gasteiger partial charge in [-0.05, 0) is 12.3 Å². The lowest BCUT2D eigenvalue weighted by Gasteiger charge is -2.16. The number of carboxylic acids is 1. The van der Waals surface area contributed by atoms with E-state index in [4.69, 9.17) is 5.11 Å². The van der Waals surface area contributed by atoms with Gasteiger partial charge in [-0.1, -0.05) is 13.8 Å². The van der Waals surface area contributed by atoms with Crippen molar-refractivity contribution in [1.82, 2.24) is 10.6 Å². The lowest BCUT2D eigenvalue weighted by molar-refractivity contribution is -0.173. The quantitative estimate of drug-likeness (QED) is 0.644. The van der Waals surface area contributed by atoms with E-state index in [-0.39, 0.29) is 12.3 Å². The molecule has 0 saturated carbocycles. The first kappa shape index (κ1) is 18.2. The third-order valence-electron chi connectivity index (χ3n) is 2.24. The molecular weight excluding hydrogens is 281 g/mol. The van der Waals surface area contributed by atoms with Crippen molar-refractivity contribution in [1.29, 1.82) is 0 Å². The van der Waals surface area contributed by atoms with Crippen LogP contribution in [0.2, 0.25) is 0 Å². The minimum atomic E-state index is -5.00. The second kappa shape index (κ2) is 7.71. The Hall–Kier alpha value is -1.80. The van der Waals surface area contributed by atoms with E-state index in [9.17, 15) is 27.6 Å². The Bertz CT molecular complexity index is 369. The Balaban J connectivity index is 4.15. The van der Waals surface area contributed by atoms with Gasteiger partial charge in [0, 0.05) is 13.0 Å². The van der Waals surface area contributed by atoms with Crippen LogP contribution in [0, 0.1) is 5.92 Å². The summed E-state index contributed by atoms with van der Waals surface area (Å²) < 4.78 is 35.5. The van der Waals surface area contributed by atoms with Crippen LogP contribution in [-0.2, 0) is 14.4 Å². The molecule has 0 bridgehead atoms. The molecule has 0 radical (unpaired) electrons. The predicted octanol–water partition coefficient (Wildman–Crippen LogP) is 0.670. The van der Waals surface area contributed by atoms with Crippen LogP contribution < -0.4 is 10.6 Å². The molecule has 0 heterocycles. The van der Waals surface area contributed by atoms with Crippen LogP contribution in [0.1, 0.15) is 26.7 Å². The Morgan fingerprint density at radius 2 is 1.75 bits per heavy atom. The summed E-state index contributed by atoms with van der Waals surface area (Å²) >= 11 is 0. The molecule has 1 atom stereocenters. The van der Waals surface area contributed by atoms with Crippen molar-refractivity contribution in [3.63, 3.8) is 0 Å². The van der Waals surface area contributed by atoms with E-state index < -0.39 is 43.0 Å². The van der Waals surface area contributed by atoms with E-state index in [0.717, 1.165) is 0 Å². The number of carbonyl (C=O) groups excluding carboxylic acids is 2. The maximum Gasteiger partial charge on any atom is 0.471 e. The highest BCUT2D eigenvalue weighted by molar-refractivity contribution is 5.85. The average Bonchev–Trinajstić information content (AvgIpc) is 2.25. The number of hydrogen-bond donors (Lipinski definition) is 3. The maximum atomic E-state index is 11.8. The molecule has 0 aromatic heterocycles. The smallest absolute Gasteiger partial charge is 0.471 e. The maximum absolute atomic E-state index is 11.8. The van der Waals surface area contributed by atoms with Crippen molar-refractivity contribution in [2.75, 3.05) is 6.54 Å². The molecule has 0 aliphatic heterocycles. The molecule has 0 rings (SSSR count). The number of aliphatic carboxylic acids is 1. The van der Waals surface area contributed by atoms with Gasteiger partial charge in [-0.15, -0.1) is 0 Å². The van der Waals surface area contributed by atoms with Gasteiger partial charge in [0.15, 0.2) is 0 Å². The Morgan fingerprint density at radius 1 is 1.20 bits per heavy atom. The molecule has 20 heavy (non-hydrogen) atoms. The summed E-state index contributed by atoms with van der Waals surface area (Å²) in [7, 11) is 0. The van der Waals surface area contributed by atoms with Crippen molar-refractivity contribution in [3.8, 4) is 0 Å². The third kappa shape index (κ3) is 7.59. The van der Waals surface area contributed by atoms with Crippen molar-refractivity contribution in [2.45, 2.75) is 38.9 Å². The number of nitrogens with one attached hydrogen (secondary N) is 2. The molecule has 116 valence electrons. The van der Waals surface area contributed by atoms with Crippen molar-refractivity contribution in [2.24, 2.45) is 5.92 Å². The van der Waals surface area contributed by atoms with E-state index >= 15 is 0 Å². The number of rotatable bonds is 7. The van der Waals surface area contributed by atoms with Crippen LogP contribution in [0.5, 0.6) is 0 Å². The van der Waals surface area contributed by atoms with E-state index in [1.165, 1.54) is 5.32 Å².